The van der Waals surface area contributed by atoms with Crippen LogP contribution in [0.3, 0.4) is 0 Å². The lowest BCUT2D eigenvalue weighted by Gasteiger charge is -2.36. The smallest absolute Gasteiger partial charge is 0.223 e. The van der Waals surface area contributed by atoms with E-state index in [0.29, 0.717) is 41.8 Å². The molecule has 0 N–H and O–H groups in total. The Morgan fingerprint density at radius 2 is 1.59 bits per heavy atom. The fourth-order valence-corrected chi connectivity index (χ4v) is 3.51. The van der Waals surface area contributed by atoms with Crippen LogP contribution in [0, 0.1) is 5.82 Å². The number of carbonyl (C=O) groups excluding carboxylic acids is 2. The Balaban J connectivity index is 1.50. The molecule has 2 aromatic rings. The molecule has 0 atom stereocenters. The maximum Gasteiger partial charge on any atom is 0.223 e. The predicted molar refractivity (Wildman–Crippen MR) is 105 cm³/mol. The van der Waals surface area contributed by atoms with Gasteiger partial charge in [0, 0.05) is 44.6 Å². The average molecular weight is 409 g/mol. The second-order valence-corrected chi connectivity index (χ2v) is 7.16. The van der Waals surface area contributed by atoms with Crippen molar-refractivity contribution in [3.05, 3.63) is 63.9 Å². The van der Waals surface area contributed by atoms with Crippen LogP contribution in [0.4, 0.5) is 10.1 Å². The minimum Gasteiger partial charge on any atom is -0.367 e. The van der Waals surface area contributed by atoms with Crippen molar-refractivity contribution in [1.29, 1.82) is 0 Å². The van der Waals surface area contributed by atoms with Gasteiger partial charge in [0.05, 0.1) is 15.7 Å². The second kappa shape index (κ2) is 8.72. The predicted octanol–water partition coefficient (Wildman–Crippen LogP) is 4.44. The van der Waals surface area contributed by atoms with Gasteiger partial charge in [0.2, 0.25) is 5.91 Å². The molecule has 0 unspecified atom stereocenters. The monoisotopic (exact) mass is 408 g/mol. The van der Waals surface area contributed by atoms with Gasteiger partial charge in [-0.15, -0.1) is 0 Å². The van der Waals surface area contributed by atoms with E-state index >= 15 is 0 Å². The molecule has 0 spiro atoms. The van der Waals surface area contributed by atoms with E-state index in [1.54, 1.807) is 11.0 Å². The summed E-state index contributed by atoms with van der Waals surface area (Å²) in [5, 5.41) is 1.02. The Kier molecular flexibility index (Phi) is 6.34. The fourth-order valence-electron chi connectivity index (χ4n) is 3.09. The zero-order chi connectivity index (χ0) is 19.4. The molecule has 0 bridgehead atoms. The van der Waals surface area contributed by atoms with Crippen LogP contribution in [0.5, 0.6) is 0 Å². The molecule has 0 aromatic heterocycles. The zero-order valence-electron chi connectivity index (χ0n) is 14.6. The number of nitrogens with zero attached hydrogens (tertiary/aromatic N) is 2. The Bertz CT molecular complexity index is 834. The number of carbonyl (C=O) groups is 2. The van der Waals surface area contributed by atoms with E-state index in [4.69, 9.17) is 23.2 Å². The van der Waals surface area contributed by atoms with Gasteiger partial charge >= 0.3 is 0 Å². The Hall–Kier alpha value is -2.11. The first-order valence-corrected chi connectivity index (χ1v) is 9.47. The van der Waals surface area contributed by atoms with Crippen LogP contribution >= 0.6 is 23.2 Å². The molecule has 1 aliphatic heterocycles. The highest BCUT2D eigenvalue weighted by Gasteiger charge is 2.23. The number of ketones is 1. The maximum atomic E-state index is 12.9. The lowest BCUT2D eigenvalue weighted by atomic mass is 10.1. The number of piperazine rings is 1. The minimum absolute atomic E-state index is 0.0534. The standard InChI is InChI=1S/C20H19Cl2FN2O2/c21-16-2-1-3-17(20(16)22)24-10-12-25(13-11-24)19(27)9-8-18(26)14-4-6-15(23)7-5-14/h1-7H,8-13H2. The highest BCUT2D eigenvalue weighted by Crippen LogP contribution is 2.32. The highest BCUT2D eigenvalue weighted by molar-refractivity contribution is 6.43. The number of halogens is 3. The number of anilines is 1. The van der Waals surface area contributed by atoms with Crippen LogP contribution in [0.15, 0.2) is 42.5 Å². The third-order valence-electron chi connectivity index (χ3n) is 4.64. The van der Waals surface area contributed by atoms with Crippen molar-refractivity contribution in [2.45, 2.75) is 12.8 Å². The van der Waals surface area contributed by atoms with Gasteiger partial charge in [-0.3, -0.25) is 9.59 Å². The van der Waals surface area contributed by atoms with Gasteiger partial charge in [-0.25, -0.2) is 4.39 Å². The third-order valence-corrected chi connectivity index (χ3v) is 5.45. The summed E-state index contributed by atoms with van der Waals surface area (Å²) in [6, 6.07) is 10.9. The molecule has 1 aliphatic rings. The van der Waals surface area contributed by atoms with Crippen molar-refractivity contribution in [3.63, 3.8) is 0 Å². The van der Waals surface area contributed by atoms with Crippen LogP contribution < -0.4 is 4.90 Å². The molecule has 4 nitrogen and oxygen atoms in total. The summed E-state index contributed by atoms with van der Waals surface area (Å²) in [7, 11) is 0. The van der Waals surface area contributed by atoms with E-state index in [-0.39, 0.29) is 30.3 Å². The first-order valence-electron chi connectivity index (χ1n) is 8.71. The van der Waals surface area contributed by atoms with Gasteiger partial charge in [-0.1, -0.05) is 29.3 Å². The molecule has 2 aromatic carbocycles. The topological polar surface area (TPSA) is 40.6 Å². The summed E-state index contributed by atoms with van der Waals surface area (Å²) in [4.78, 5) is 28.4. The number of Topliss-reactive ketones (excluding diaryl/α,β-unsaturated/α-hetero) is 1. The molecule has 142 valence electrons. The quantitative estimate of drug-likeness (QED) is 0.686. The van der Waals surface area contributed by atoms with Gasteiger partial charge in [0.15, 0.2) is 5.78 Å². The van der Waals surface area contributed by atoms with Gasteiger partial charge in [-0.2, -0.15) is 0 Å². The van der Waals surface area contributed by atoms with Crippen molar-refractivity contribution in [2.75, 3.05) is 31.1 Å². The molecule has 1 fully saturated rings. The number of amides is 1. The largest absolute Gasteiger partial charge is 0.367 e. The summed E-state index contributed by atoms with van der Waals surface area (Å²) in [6.07, 6.45) is 0.263. The SMILES string of the molecule is O=C(CCC(=O)N1CCN(c2cccc(Cl)c2Cl)CC1)c1ccc(F)cc1. The lowest BCUT2D eigenvalue weighted by molar-refractivity contribution is -0.131. The summed E-state index contributed by atoms with van der Waals surface area (Å²) < 4.78 is 12.9. The molecule has 0 radical (unpaired) electrons. The van der Waals surface area contributed by atoms with Crippen molar-refractivity contribution >= 4 is 40.6 Å². The van der Waals surface area contributed by atoms with Crippen molar-refractivity contribution in [1.82, 2.24) is 4.90 Å². The van der Waals surface area contributed by atoms with E-state index in [1.165, 1.54) is 24.3 Å². The molecule has 0 saturated carbocycles. The Morgan fingerprint density at radius 3 is 2.26 bits per heavy atom. The van der Waals surface area contributed by atoms with Gasteiger partial charge in [0.25, 0.3) is 0 Å². The summed E-state index contributed by atoms with van der Waals surface area (Å²) >= 11 is 12.3. The van der Waals surface area contributed by atoms with Gasteiger partial charge in [0.1, 0.15) is 5.82 Å². The summed E-state index contributed by atoms with van der Waals surface area (Å²) in [5.41, 5.74) is 1.28. The summed E-state index contributed by atoms with van der Waals surface area (Å²) in [6.45, 7) is 2.42. The molecule has 27 heavy (non-hydrogen) atoms. The minimum atomic E-state index is -0.389. The van der Waals surface area contributed by atoms with E-state index in [2.05, 4.69) is 4.90 Å². The molecule has 3 rings (SSSR count). The first-order chi connectivity index (χ1) is 13.0. The zero-order valence-corrected chi connectivity index (χ0v) is 16.1. The second-order valence-electron chi connectivity index (χ2n) is 6.37. The maximum absolute atomic E-state index is 12.9. The van der Waals surface area contributed by atoms with Gasteiger partial charge in [-0.05, 0) is 36.4 Å². The van der Waals surface area contributed by atoms with Crippen molar-refractivity contribution in [2.24, 2.45) is 0 Å². The average Bonchev–Trinajstić information content (AvgIpc) is 2.68. The van der Waals surface area contributed by atoms with E-state index < -0.39 is 0 Å². The fraction of sp³-hybridized carbons (Fsp3) is 0.300. The van der Waals surface area contributed by atoms with Crippen LogP contribution in [-0.4, -0.2) is 42.8 Å². The van der Waals surface area contributed by atoms with E-state index in [1.807, 2.05) is 12.1 Å². The third kappa shape index (κ3) is 4.79. The molecule has 1 saturated heterocycles. The molecule has 1 amide bonds. The Morgan fingerprint density at radius 1 is 0.926 bits per heavy atom. The molecular formula is C20H19Cl2FN2O2. The van der Waals surface area contributed by atoms with E-state index in [9.17, 15) is 14.0 Å². The van der Waals surface area contributed by atoms with Crippen molar-refractivity contribution < 1.29 is 14.0 Å². The van der Waals surface area contributed by atoms with Crippen molar-refractivity contribution in [3.8, 4) is 0 Å². The normalized spacial score (nSPS) is 14.3. The van der Waals surface area contributed by atoms with Gasteiger partial charge < -0.3 is 9.80 Å². The van der Waals surface area contributed by atoms with Crippen LogP contribution in [0.2, 0.25) is 10.0 Å². The number of hydrogen-bond donors (Lipinski definition) is 0. The first kappa shape index (κ1) is 19.6. The number of benzene rings is 2. The van der Waals surface area contributed by atoms with Crippen LogP contribution in [-0.2, 0) is 4.79 Å². The van der Waals surface area contributed by atoms with E-state index in [0.717, 1.165) is 5.69 Å². The highest BCUT2D eigenvalue weighted by atomic mass is 35.5. The van der Waals surface area contributed by atoms with Crippen LogP contribution in [0.25, 0.3) is 0 Å². The summed E-state index contributed by atoms with van der Waals surface area (Å²) in [5.74, 6) is -0.602. The number of hydrogen-bond acceptors (Lipinski definition) is 3. The lowest BCUT2D eigenvalue weighted by Crippen LogP contribution is -2.48. The number of rotatable bonds is 5. The Labute approximate surface area is 167 Å². The molecule has 7 heteroatoms. The molecular weight excluding hydrogens is 390 g/mol. The molecule has 0 aliphatic carbocycles. The molecule has 1 heterocycles. The van der Waals surface area contributed by atoms with Crippen LogP contribution in [0.1, 0.15) is 23.2 Å².